The van der Waals surface area contributed by atoms with Crippen LogP contribution in [-0.2, 0) is 26.2 Å². The third-order valence-electron chi connectivity index (χ3n) is 4.50. The van der Waals surface area contributed by atoms with Gasteiger partial charge in [0.05, 0.1) is 6.26 Å². The van der Waals surface area contributed by atoms with E-state index in [1.807, 2.05) is 24.5 Å². The summed E-state index contributed by atoms with van der Waals surface area (Å²) in [5.74, 6) is 1.32. The summed E-state index contributed by atoms with van der Waals surface area (Å²) >= 11 is 0. The van der Waals surface area contributed by atoms with Gasteiger partial charge >= 0.3 is 0 Å². The first kappa shape index (κ1) is 16.0. The van der Waals surface area contributed by atoms with Crippen LogP contribution in [-0.4, -0.2) is 33.9 Å². The molecular weight excluding hydrogens is 312 g/mol. The summed E-state index contributed by atoms with van der Waals surface area (Å²) in [5.41, 5.74) is 5.36. The van der Waals surface area contributed by atoms with Gasteiger partial charge < -0.3 is 4.42 Å². The van der Waals surface area contributed by atoms with Crippen molar-refractivity contribution in [1.29, 1.82) is 0 Å². The lowest BCUT2D eigenvalue weighted by molar-refractivity contribution is 0.318. The molecule has 3 heterocycles. The second kappa shape index (κ2) is 6.78. The fourth-order valence-electron chi connectivity index (χ4n) is 3.37. The van der Waals surface area contributed by atoms with Crippen LogP contribution in [0.5, 0.6) is 0 Å². The lowest BCUT2D eigenvalue weighted by Gasteiger charge is -2.17. The molecular formula is C20H22N4O. The van der Waals surface area contributed by atoms with E-state index in [1.165, 1.54) is 16.7 Å². The standard InChI is InChI=1S/C20H22N4O/c1-23(11-15-5-6-17-13-24(2)14-18(17)8-15)12-16-9-21-20(22-10-16)19-4-3-7-25-19/h3-10H,11-14H2,1-2H3. The van der Waals surface area contributed by atoms with Gasteiger partial charge in [-0.15, -0.1) is 0 Å². The summed E-state index contributed by atoms with van der Waals surface area (Å²) in [6.45, 7) is 3.84. The Kier molecular flexibility index (Phi) is 4.34. The molecule has 1 aromatic carbocycles. The zero-order chi connectivity index (χ0) is 17.2. The Morgan fingerprint density at radius 2 is 1.80 bits per heavy atom. The molecule has 1 aliphatic heterocycles. The largest absolute Gasteiger partial charge is 0.461 e. The monoisotopic (exact) mass is 334 g/mol. The molecule has 1 aliphatic rings. The number of hydrogen-bond donors (Lipinski definition) is 0. The van der Waals surface area contributed by atoms with Gasteiger partial charge in [0.1, 0.15) is 0 Å². The SMILES string of the molecule is CN(Cc1cnc(-c2ccco2)nc1)Cc1ccc2c(c1)CN(C)C2. The molecule has 0 radical (unpaired) electrons. The third-order valence-corrected chi connectivity index (χ3v) is 4.50. The van der Waals surface area contributed by atoms with E-state index in [-0.39, 0.29) is 0 Å². The predicted molar refractivity (Wildman–Crippen MR) is 96.5 cm³/mol. The molecule has 0 N–H and O–H groups in total. The number of nitrogens with zero attached hydrogens (tertiary/aromatic N) is 4. The Hall–Kier alpha value is -2.50. The summed E-state index contributed by atoms with van der Waals surface area (Å²) in [7, 11) is 4.29. The molecule has 0 amide bonds. The summed E-state index contributed by atoms with van der Waals surface area (Å²) in [5, 5.41) is 0. The Morgan fingerprint density at radius 1 is 1.04 bits per heavy atom. The van der Waals surface area contributed by atoms with Crippen molar-refractivity contribution >= 4 is 0 Å². The second-order valence-corrected chi connectivity index (χ2v) is 6.84. The van der Waals surface area contributed by atoms with E-state index in [4.69, 9.17) is 4.42 Å². The van der Waals surface area contributed by atoms with E-state index in [2.05, 4.69) is 52.1 Å². The van der Waals surface area contributed by atoms with Gasteiger partial charge in [0.15, 0.2) is 11.6 Å². The van der Waals surface area contributed by atoms with Gasteiger partial charge in [-0.1, -0.05) is 18.2 Å². The number of rotatable bonds is 5. The number of furan rings is 1. The summed E-state index contributed by atoms with van der Waals surface area (Å²) in [6.07, 6.45) is 5.38. The van der Waals surface area contributed by atoms with Crippen LogP contribution in [0.25, 0.3) is 11.6 Å². The fraction of sp³-hybridized carbons (Fsp3) is 0.300. The van der Waals surface area contributed by atoms with E-state index in [9.17, 15) is 0 Å². The molecule has 0 aliphatic carbocycles. The van der Waals surface area contributed by atoms with E-state index in [1.54, 1.807) is 6.26 Å². The lowest BCUT2D eigenvalue weighted by Crippen LogP contribution is -2.17. The highest BCUT2D eigenvalue weighted by Crippen LogP contribution is 2.23. The molecule has 0 spiro atoms. The second-order valence-electron chi connectivity index (χ2n) is 6.84. The lowest BCUT2D eigenvalue weighted by atomic mass is 10.1. The van der Waals surface area contributed by atoms with E-state index in [0.717, 1.165) is 31.7 Å². The van der Waals surface area contributed by atoms with Crippen molar-refractivity contribution in [3.8, 4) is 11.6 Å². The smallest absolute Gasteiger partial charge is 0.195 e. The summed E-state index contributed by atoms with van der Waals surface area (Å²) < 4.78 is 5.32. The zero-order valence-corrected chi connectivity index (χ0v) is 14.6. The Bertz CT molecular complexity index is 843. The van der Waals surface area contributed by atoms with Crippen LogP contribution >= 0.6 is 0 Å². The van der Waals surface area contributed by atoms with Crippen LogP contribution in [0.1, 0.15) is 22.3 Å². The van der Waals surface area contributed by atoms with Crippen molar-refractivity contribution in [1.82, 2.24) is 19.8 Å². The molecule has 0 saturated carbocycles. The molecule has 0 fully saturated rings. The first-order valence-corrected chi connectivity index (χ1v) is 8.50. The van der Waals surface area contributed by atoms with Crippen molar-refractivity contribution in [2.24, 2.45) is 0 Å². The average molecular weight is 334 g/mol. The first-order valence-electron chi connectivity index (χ1n) is 8.50. The van der Waals surface area contributed by atoms with Crippen LogP contribution in [0.4, 0.5) is 0 Å². The van der Waals surface area contributed by atoms with Gasteiger partial charge in [0, 0.05) is 44.1 Å². The van der Waals surface area contributed by atoms with Crippen LogP contribution in [0.3, 0.4) is 0 Å². The van der Waals surface area contributed by atoms with Crippen LogP contribution in [0.15, 0.2) is 53.4 Å². The minimum absolute atomic E-state index is 0.624. The maximum atomic E-state index is 5.32. The molecule has 25 heavy (non-hydrogen) atoms. The van der Waals surface area contributed by atoms with Crippen molar-refractivity contribution < 1.29 is 4.42 Å². The van der Waals surface area contributed by atoms with E-state index in [0.29, 0.717) is 11.6 Å². The van der Waals surface area contributed by atoms with Crippen molar-refractivity contribution in [3.05, 3.63) is 71.2 Å². The molecule has 2 aromatic heterocycles. The van der Waals surface area contributed by atoms with Gasteiger partial charge in [0.25, 0.3) is 0 Å². The van der Waals surface area contributed by atoms with Crippen molar-refractivity contribution in [2.45, 2.75) is 26.2 Å². The highest BCUT2D eigenvalue weighted by atomic mass is 16.3. The Balaban J connectivity index is 1.39. The average Bonchev–Trinajstić information content (AvgIpc) is 3.23. The third kappa shape index (κ3) is 3.62. The Morgan fingerprint density at radius 3 is 2.56 bits per heavy atom. The zero-order valence-electron chi connectivity index (χ0n) is 14.6. The quantitative estimate of drug-likeness (QED) is 0.716. The van der Waals surface area contributed by atoms with Gasteiger partial charge in [-0.3, -0.25) is 9.80 Å². The number of aromatic nitrogens is 2. The maximum absolute atomic E-state index is 5.32. The minimum atomic E-state index is 0.624. The number of fused-ring (bicyclic) bond motifs is 1. The molecule has 5 nitrogen and oxygen atoms in total. The van der Waals surface area contributed by atoms with Crippen molar-refractivity contribution in [2.75, 3.05) is 14.1 Å². The van der Waals surface area contributed by atoms with Gasteiger partial charge in [0.2, 0.25) is 0 Å². The molecule has 3 aromatic rings. The van der Waals surface area contributed by atoms with Crippen LogP contribution < -0.4 is 0 Å². The molecule has 0 atom stereocenters. The highest BCUT2D eigenvalue weighted by molar-refractivity contribution is 5.45. The molecule has 5 heteroatoms. The number of hydrogen-bond acceptors (Lipinski definition) is 5. The molecule has 128 valence electrons. The topological polar surface area (TPSA) is 45.4 Å². The first-order chi connectivity index (χ1) is 12.2. The summed E-state index contributed by atoms with van der Waals surface area (Å²) in [6, 6.07) is 10.6. The van der Waals surface area contributed by atoms with Crippen LogP contribution in [0, 0.1) is 0 Å². The predicted octanol–water partition coefficient (Wildman–Crippen LogP) is 3.31. The Labute approximate surface area is 147 Å². The van der Waals surface area contributed by atoms with Gasteiger partial charge in [-0.05, 0) is 42.9 Å². The van der Waals surface area contributed by atoms with Crippen molar-refractivity contribution in [3.63, 3.8) is 0 Å². The maximum Gasteiger partial charge on any atom is 0.195 e. The minimum Gasteiger partial charge on any atom is -0.461 e. The van der Waals surface area contributed by atoms with Crippen LogP contribution in [0.2, 0.25) is 0 Å². The molecule has 0 unspecified atom stereocenters. The molecule has 0 saturated heterocycles. The fourth-order valence-corrected chi connectivity index (χ4v) is 3.37. The number of benzene rings is 1. The van der Waals surface area contributed by atoms with Gasteiger partial charge in [-0.25, -0.2) is 9.97 Å². The summed E-state index contributed by atoms with van der Waals surface area (Å²) in [4.78, 5) is 13.4. The molecule has 4 rings (SSSR count). The van der Waals surface area contributed by atoms with E-state index < -0.39 is 0 Å². The normalized spacial score (nSPS) is 14.2. The molecule has 0 bridgehead atoms. The highest BCUT2D eigenvalue weighted by Gasteiger charge is 2.15. The van der Waals surface area contributed by atoms with E-state index >= 15 is 0 Å². The van der Waals surface area contributed by atoms with Gasteiger partial charge in [-0.2, -0.15) is 0 Å².